The first-order valence-corrected chi connectivity index (χ1v) is 8.89. The number of hydrogen-bond donors (Lipinski definition) is 2. The molecule has 8 heteroatoms. The Labute approximate surface area is 164 Å². The molecule has 0 unspecified atom stereocenters. The third-order valence-corrected chi connectivity index (χ3v) is 4.20. The Morgan fingerprint density at radius 1 is 1.11 bits per heavy atom. The molecule has 0 atom stereocenters. The minimum Gasteiger partial charge on any atom is -0.493 e. The molecule has 1 aromatic heterocycles. The third kappa shape index (κ3) is 4.73. The number of methoxy groups -OCH3 is 1. The van der Waals surface area contributed by atoms with Crippen molar-refractivity contribution in [1.82, 2.24) is 15.1 Å². The van der Waals surface area contributed by atoms with E-state index in [-0.39, 0.29) is 18.1 Å². The van der Waals surface area contributed by atoms with Gasteiger partial charge in [-0.15, -0.1) is 0 Å². The number of benzene rings is 2. The number of nitrogens with one attached hydrogen (secondary N) is 2. The number of carbonyl (C=O) groups excluding carboxylic acids is 2. The van der Waals surface area contributed by atoms with Crippen LogP contribution in [0, 0.1) is 0 Å². The SMILES string of the molecule is COc1cn(-c2ccccc2)nc1C(=O)NCC(=O)Nc1ccc(Br)cc1. The standard InChI is InChI=1S/C19H17BrN4O3/c1-27-16-12-24(15-5-3-2-4-6-15)23-18(16)19(26)21-11-17(25)22-14-9-7-13(20)8-10-14/h2-10,12H,11H2,1H3,(H,21,26)(H,22,25). The van der Waals surface area contributed by atoms with Gasteiger partial charge in [0.15, 0.2) is 11.4 Å². The van der Waals surface area contributed by atoms with Crippen LogP contribution in [-0.4, -0.2) is 35.2 Å². The fourth-order valence-corrected chi connectivity index (χ4v) is 2.62. The molecule has 0 aliphatic carbocycles. The molecule has 2 amide bonds. The van der Waals surface area contributed by atoms with Crippen molar-refractivity contribution in [3.63, 3.8) is 0 Å². The van der Waals surface area contributed by atoms with Crippen LogP contribution in [0.25, 0.3) is 5.69 Å². The van der Waals surface area contributed by atoms with Gasteiger partial charge >= 0.3 is 0 Å². The van der Waals surface area contributed by atoms with Crippen molar-refractivity contribution < 1.29 is 14.3 Å². The molecule has 2 N–H and O–H groups in total. The van der Waals surface area contributed by atoms with Gasteiger partial charge in [0.2, 0.25) is 5.91 Å². The zero-order valence-corrected chi connectivity index (χ0v) is 16.1. The Morgan fingerprint density at radius 2 is 1.81 bits per heavy atom. The van der Waals surface area contributed by atoms with E-state index in [2.05, 4.69) is 31.7 Å². The fraction of sp³-hybridized carbons (Fsp3) is 0.105. The number of ether oxygens (including phenoxy) is 1. The number of para-hydroxylation sites is 1. The second-order valence-electron chi connectivity index (χ2n) is 5.56. The molecular formula is C19H17BrN4O3. The van der Waals surface area contributed by atoms with E-state index in [0.29, 0.717) is 11.4 Å². The molecule has 0 aliphatic rings. The Balaban J connectivity index is 1.64. The minimum absolute atomic E-state index is 0.109. The number of rotatable bonds is 6. The molecule has 0 aliphatic heterocycles. The van der Waals surface area contributed by atoms with Gasteiger partial charge in [0, 0.05) is 10.2 Å². The van der Waals surface area contributed by atoms with Gasteiger partial charge in [0.05, 0.1) is 25.5 Å². The molecular weight excluding hydrogens is 412 g/mol. The number of halogens is 1. The molecule has 0 radical (unpaired) electrons. The molecule has 27 heavy (non-hydrogen) atoms. The number of amides is 2. The molecule has 3 aromatic rings. The lowest BCUT2D eigenvalue weighted by Gasteiger charge is -2.07. The zero-order chi connectivity index (χ0) is 19.2. The monoisotopic (exact) mass is 428 g/mol. The lowest BCUT2D eigenvalue weighted by atomic mass is 10.3. The molecule has 0 spiro atoms. The number of nitrogens with zero attached hydrogens (tertiary/aromatic N) is 2. The first-order chi connectivity index (χ1) is 13.1. The largest absolute Gasteiger partial charge is 0.493 e. The maximum absolute atomic E-state index is 12.4. The van der Waals surface area contributed by atoms with E-state index in [9.17, 15) is 9.59 Å². The maximum atomic E-state index is 12.4. The van der Waals surface area contributed by atoms with Crippen LogP contribution in [0.5, 0.6) is 5.75 Å². The van der Waals surface area contributed by atoms with Crippen LogP contribution in [0.15, 0.2) is 65.3 Å². The summed E-state index contributed by atoms with van der Waals surface area (Å²) in [5.41, 5.74) is 1.55. The van der Waals surface area contributed by atoms with Crippen molar-refractivity contribution >= 4 is 33.4 Å². The summed E-state index contributed by atoms with van der Waals surface area (Å²) in [6.45, 7) is -0.184. The highest BCUT2D eigenvalue weighted by molar-refractivity contribution is 9.10. The topological polar surface area (TPSA) is 85.2 Å². The first kappa shape index (κ1) is 18.7. The van der Waals surface area contributed by atoms with Gasteiger partial charge in [-0.25, -0.2) is 4.68 Å². The molecule has 0 saturated carbocycles. The summed E-state index contributed by atoms with van der Waals surface area (Å²) in [4.78, 5) is 24.4. The summed E-state index contributed by atoms with van der Waals surface area (Å²) in [6, 6.07) is 16.5. The summed E-state index contributed by atoms with van der Waals surface area (Å²) in [5, 5.41) is 9.52. The van der Waals surface area contributed by atoms with Crippen molar-refractivity contribution in [1.29, 1.82) is 0 Å². The van der Waals surface area contributed by atoms with Gasteiger partial charge in [-0.05, 0) is 36.4 Å². The van der Waals surface area contributed by atoms with E-state index in [1.165, 1.54) is 7.11 Å². The van der Waals surface area contributed by atoms with Crippen LogP contribution in [0.3, 0.4) is 0 Å². The lowest BCUT2D eigenvalue weighted by Crippen LogP contribution is -2.33. The second-order valence-corrected chi connectivity index (χ2v) is 6.48. The molecule has 7 nitrogen and oxygen atoms in total. The molecule has 0 bridgehead atoms. The number of hydrogen-bond acceptors (Lipinski definition) is 4. The summed E-state index contributed by atoms with van der Waals surface area (Å²) in [7, 11) is 1.46. The molecule has 138 valence electrons. The highest BCUT2D eigenvalue weighted by atomic mass is 79.9. The van der Waals surface area contributed by atoms with Gasteiger partial charge in [-0.1, -0.05) is 34.1 Å². The van der Waals surface area contributed by atoms with Gasteiger partial charge in [0.1, 0.15) is 0 Å². The van der Waals surface area contributed by atoms with Gasteiger partial charge in [-0.3, -0.25) is 9.59 Å². The smallest absolute Gasteiger partial charge is 0.276 e. The van der Waals surface area contributed by atoms with E-state index in [4.69, 9.17) is 4.74 Å². The van der Waals surface area contributed by atoms with Crippen molar-refractivity contribution in [3.8, 4) is 11.4 Å². The Morgan fingerprint density at radius 3 is 2.48 bits per heavy atom. The van der Waals surface area contributed by atoms with E-state index >= 15 is 0 Å². The maximum Gasteiger partial charge on any atom is 0.276 e. The highest BCUT2D eigenvalue weighted by Crippen LogP contribution is 2.19. The van der Waals surface area contributed by atoms with Gasteiger partial charge < -0.3 is 15.4 Å². The van der Waals surface area contributed by atoms with Gasteiger partial charge in [0.25, 0.3) is 5.91 Å². The molecule has 2 aromatic carbocycles. The van der Waals surface area contributed by atoms with E-state index in [1.54, 1.807) is 23.0 Å². The van der Waals surface area contributed by atoms with Crippen LogP contribution in [-0.2, 0) is 4.79 Å². The zero-order valence-electron chi connectivity index (χ0n) is 14.5. The lowest BCUT2D eigenvalue weighted by molar-refractivity contribution is -0.115. The van der Waals surface area contributed by atoms with E-state index in [0.717, 1.165) is 10.2 Å². The van der Waals surface area contributed by atoms with Crippen LogP contribution in [0.4, 0.5) is 5.69 Å². The quantitative estimate of drug-likeness (QED) is 0.631. The van der Waals surface area contributed by atoms with Gasteiger partial charge in [-0.2, -0.15) is 5.10 Å². The van der Waals surface area contributed by atoms with Crippen LogP contribution in [0.2, 0.25) is 0 Å². The second kappa shape index (κ2) is 8.50. The number of aromatic nitrogens is 2. The number of anilines is 1. The normalized spacial score (nSPS) is 10.3. The fourth-order valence-electron chi connectivity index (χ4n) is 2.36. The Kier molecular flexibility index (Phi) is 5.87. The summed E-state index contributed by atoms with van der Waals surface area (Å²) in [6.07, 6.45) is 1.62. The average Bonchev–Trinajstić information content (AvgIpc) is 3.13. The summed E-state index contributed by atoms with van der Waals surface area (Å²) < 4.78 is 7.70. The molecule has 0 fully saturated rings. The van der Waals surface area contributed by atoms with Crippen molar-refractivity contribution in [3.05, 3.63) is 71.0 Å². The number of carbonyl (C=O) groups is 2. The third-order valence-electron chi connectivity index (χ3n) is 3.67. The van der Waals surface area contributed by atoms with E-state index < -0.39 is 5.91 Å². The first-order valence-electron chi connectivity index (χ1n) is 8.09. The Hall–Kier alpha value is -3.13. The van der Waals surface area contributed by atoms with Crippen LogP contribution < -0.4 is 15.4 Å². The average molecular weight is 429 g/mol. The predicted octanol–water partition coefficient (Wildman–Crippen LogP) is 3.01. The Bertz CT molecular complexity index is 939. The predicted molar refractivity (Wildman–Crippen MR) is 105 cm³/mol. The van der Waals surface area contributed by atoms with E-state index in [1.807, 2.05) is 42.5 Å². The summed E-state index contributed by atoms with van der Waals surface area (Å²) in [5.74, 6) is -0.510. The van der Waals surface area contributed by atoms with Crippen LogP contribution >= 0.6 is 15.9 Å². The molecule has 1 heterocycles. The molecule has 3 rings (SSSR count). The highest BCUT2D eigenvalue weighted by Gasteiger charge is 2.19. The van der Waals surface area contributed by atoms with Crippen molar-refractivity contribution in [2.45, 2.75) is 0 Å². The van der Waals surface area contributed by atoms with Crippen molar-refractivity contribution in [2.24, 2.45) is 0 Å². The minimum atomic E-state index is -0.493. The van der Waals surface area contributed by atoms with Crippen molar-refractivity contribution in [2.75, 3.05) is 19.0 Å². The van der Waals surface area contributed by atoms with Crippen LogP contribution in [0.1, 0.15) is 10.5 Å². The molecule has 0 saturated heterocycles. The summed E-state index contributed by atoms with van der Waals surface area (Å²) >= 11 is 3.33.